The number of thioether (sulfide) groups is 1. The maximum absolute atomic E-state index is 12.3. The molecule has 3 nitrogen and oxygen atoms in total. The molecule has 3 rings (SSSR count). The highest BCUT2D eigenvalue weighted by atomic mass is 79.9. The number of amides is 1. The molecule has 0 bridgehead atoms. The first-order chi connectivity index (χ1) is 10.5. The summed E-state index contributed by atoms with van der Waals surface area (Å²) in [5, 5.41) is 2.82. The van der Waals surface area contributed by atoms with Crippen molar-refractivity contribution in [1.82, 2.24) is 0 Å². The van der Waals surface area contributed by atoms with Crippen LogP contribution in [0.3, 0.4) is 0 Å². The van der Waals surface area contributed by atoms with Gasteiger partial charge in [0.15, 0.2) is 5.78 Å². The molecule has 1 aliphatic rings. The van der Waals surface area contributed by atoms with Crippen molar-refractivity contribution in [1.29, 1.82) is 0 Å². The van der Waals surface area contributed by atoms with Gasteiger partial charge in [0.25, 0.3) is 0 Å². The predicted molar refractivity (Wildman–Crippen MR) is 92.7 cm³/mol. The van der Waals surface area contributed by atoms with Gasteiger partial charge in [-0.3, -0.25) is 9.59 Å². The van der Waals surface area contributed by atoms with Gasteiger partial charge in [-0.1, -0.05) is 15.9 Å². The number of carbonyl (C=O) groups is 2. The van der Waals surface area contributed by atoms with Gasteiger partial charge in [0, 0.05) is 20.6 Å². The number of halogens is 1. The molecule has 1 aliphatic heterocycles. The zero-order chi connectivity index (χ0) is 15.7. The van der Waals surface area contributed by atoms with Gasteiger partial charge in [0.2, 0.25) is 5.91 Å². The van der Waals surface area contributed by atoms with Gasteiger partial charge in [-0.2, -0.15) is 0 Å². The first-order valence-corrected chi connectivity index (χ1v) is 8.69. The second kappa shape index (κ2) is 6.26. The Morgan fingerprint density at radius 3 is 2.68 bits per heavy atom. The van der Waals surface area contributed by atoms with E-state index in [2.05, 4.69) is 21.2 Å². The molecule has 0 aliphatic carbocycles. The molecule has 2 aromatic rings. The van der Waals surface area contributed by atoms with Crippen molar-refractivity contribution in [2.24, 2.45) is 0 Å². The second-order valence-corrected chi connectivity index (χ2v) is 7.14. The Hall–Kier alpha value is -1.59. The minimum atomic E-state index is -0.193. The summed E-state index contributed by atoms with van der Waals surface area (Å²) in [5.74, 6) is 0.254. The molecule has 0 radical (unpaired) electrons. The van der Waals surface area contributed by atoms with Crippen molar-refractivity contribution in [3.05, 3.63) is 58.1 Å². The maximum atomic E-state index is 12.3. The number of hydrogen-bond donors (Lipinski definition) is 1. The Balaban J connectivity index is 1.71. The number of Topliss-reactive ketones (excluding diaryl/α,β-unsaturated/α-hetero) is 1. The molecule has 0 spiro atoms. The summed E-state index contributed by atoms with van der Waals surface area (Å²) < 4.78 is 1.02. The number of fused-ring (bicyclic) bond motifs is 1. The van der Waals surface area contributed by atoms with E-state index in [9.17, 15) is 9.59 Å². The third-order valence-corrected chi connectivity index (χ3v) is 5.22. The van der Waals surface area contributed by atoms with Gasteiger partial charge in [0.1, 0.15) is 0 Å². The molecular formula is C17H14BrNO2S. The predicted octanol–water partition coefficient (Wildman–Crippen LogP) is 4.48. The van der Waals surface area contributed by atoms with E-state index in [0.717, 1.165) is 20.6 Å². The maximum Gasteiger partial charge on any atom is 0.231 e. The van der Waals surface area contributed by atoms with Crippen molar-refractivity contribution in [2.45, 2.75) is 17.7 Å². The fraction of sp³-hybridized carbons (Fsp3) is 0.176. The highest BCUT2D eigenvalue weighted by molar-refractivity contribution is 9.10. The quantitative estimate of drug-likeness (QED) is 0.632. The summed E-state index contributed by atoms with van der Waals surface area (Å²) in [6.45, 7) is 1.85. The van der Waals surface area contributed by atoms with Crippen LogP contribution in [0.4, 0.5) is 5.69 Å². The van der Waals surface area contributed by atoms with Gasteiger partial charge < -0.3 is 5.32 Å². The van der Waals surface area contributed by atoms with Crippen molar-refractivity contribution in [3.8, 4) is 0 Å². The van der Waals surface area contributed by atoms with E-state index < -0.39 is 0 Å². The number of anilines is 1. The van der Waals surface area contributed by atoms with Crippen LogP contribution in [0.5, 0.6) is 0 Å². The molecule has 0 aromatic heterocycles. The smallest absolute Gasteiger partial charge is 0.231 e. The van der Waals surface area contributed by atoms with Gasteiger partial charge in [-0.05, 0) is 55.0 Å². The Kier molecular flexibility index (Phi) is 4.36. The zero-order valence-corrected chi connectivity index (χ0v) is 14.3. The zero-order valence-electron chi connectivity index (χ0n) is 11.9. The van der Waals surface area contributed by atoms with Gasteiger partial charge in [-0.25, -0.2) is 0 Å². The van der Waals surface area contributed by atoms with Crippen LogP contribution in [-0.2, 0) is 4.79 Å². The summed E-state index contributed by atoms with van der Waals surface area (Å²) in [6.07, 6.45) is 0. The molecule has 22 heavy (non-hydrogen) atoms. The number of hydrogen-bond acceptors (Lipinski definition) is 3. The molecule has 0 saturated carbocycles. The largest absolute Gasteiger partial charge is 0.325 e. The lowest BCUT2D eigenvalue weighted by molar-refractivity contribution is -0.116. The third kappa shape index (κ3) is 3.10. The Morgan fingerprint density at radius 1 is 1.23 bits per heavy atom. The lowest BCUT2D eigenvalue weighted by atomic mass is 9.99. The number of carbonyl (C=O) groups excluding carboxylic acids is 2. The highest BCUT2D eigenvalue weighted by Crippen LogP contribution is 2.33. The minimum absolute atomic E-state index is 0.0103. The molecule has 1 atom stereocenters. The van der Waals surface area contributed by atoms with Gasteiger partial charge in [-0.15, -0.1) is 11.8 Å². The number of benzene rings is 2. The van der Waals surface area contributed by atoms with Gasteiger partial charge >= 0.3 is 0 Å². The fourth-order valence-corrected chi connectivity index (χ4v) is 3.41. The van der Waals surface area contributed by atoms with Crippen LogP contribution >= 0.6 is 27.7 Å². The Bertz CT molecular complexity index is 743. The molecule has 0 unspecified atom stereocenters. The average molecular weight is 376 g/mol. The van der Waals surface area contributed by atoms with Crippen molar-refractivity contribution in [3.63, 3.8) is 0 Å². The molecular weight excluding hydrogens is 362 g/mol. The normalized spacial score (nSPS) is 16.3. The second-order valence-electron chi connectivity index (χ2n) is 5.18. The van der Waals surface area contributed by atoms with Crippen LogP contribution in [0.1, 0.15) is 28.8 Å². The van der Waals surface area contributed by atoms with Crippen molar-refractivity contribution >= 4 is 45.1 Å². The highest BCUT2D eigenvalue weighted by Gasteiger charge is 2.27. The molecule has 0 fully saturated rings. The summed E-state index contributed by atoms with van der Waals surface area (Å²) >= 11 is 4.91. The van der Waals surface area contributed by atoms with E-state index in [1.165, 1.54) is 11.8 Å². The van der Waals surface area contributed by atoms with Gasteiger partial charge in [0.05, 0.1) is 11.7 Å². The molecule has 0 saturated heterocycles. The van der Waals surface area contributed by atoms with E-state index >= 15 is 0 Å². The molecule has 112 valence electrons. The summed E-state index contributed by atoms with van der Waals surface area (Å²) in [7, 11) is 0. The van der Waals surface area contributed by atoms with Crippen LogP contribution in [0.15, 0.2) is 51.8 Å². The Morgan fingerprint density at radius 2 is 1.95 bits per heavy atom. The van der Waals surface area contributed by atoms with E-state index in [0.29, 0.717) is 11.3 Å². The van der Waals surface area contributed by atoms with Crippen LogP contribution in [-0.4, -0.2) is 17.4 Å². The summed E-state index contributed by atoms with van der Waals surface area (Å²) in [6, 6.07) is 13.3. The molecule has 2 aromatic carbocycles. The van der Waals surface area contributed by atoms with E-state index in [1.54, 1.807) is 6.07 Å². The monoisotopic (exact) mass is 375 g/mol. The minimum Gasteiger partial charge on any atom is -0.325 e. The fourth-order valence-electron chi connectivity index (χ4n) is 2.35. The SMILES string of the molecule is C[C@@H]1C(=O)Nc2ccc(C(=O)CSc3ccc(Br)cc3)cc21. The molecule has 5 heteroatoms. The first kappa shape index (κ1) is 15.3. The summed E-state index contributed by atoms with van der Waals surface area (Å²) in [4.78, 5) is 25.0. The standard InChI is InChI=1S/C17H14BrNO2S/c1-10-14-8-11(2-7-15(14)19-17(10)21)16(20)9-22-13-5-3-12(18)4-6-13/h2-8,10H,9H2,1H3,(H,19,21)/t10-/m0/s1. The van der Waals surface area contributed by atoms with Crippen LogP contribution < -0.4 is 5.32 Å². The lowest BCUT2D eigenvalue weighted by Gasteiger charge is -2.06. The lowest BCUT2D eigenvalue weighted by Crippen LogP contribution is -2.08. The topological polar surface area (TPSA) is 46.2 Å². The van der Waals surface area contributed by atoms with Crippen molar-refractivity contribution in [2.75, 3.05) is 11.1 Å². The summed E-state index contributed by atoms with van der Waals surface area (Å²) in [5.41, 5.74) is 2.38. The van der Waals surface area contributed by atoms with E-state index in [4.69, 9.17) is 0 Å². The first-order valence-electron chi connectivity index (χ1n) is 6.91. The van der Waals surface area contributed by atoms with Crippen molar-refractivity contribution < 1.29 is 9.59 Å². The Labute approximate surface area is 141 Å². The van der Waals surface area contributed by atoms with E-state index in [-0.39, 0.29) is 17.6 Å². The number of rotatable bonds is 4. The average Bonchev–Trinajstić information content (AvgIpc) is 2.81. The number of nitrogens with one attached hydrogen (secondary N) is 1. The van der Waals surface area contributed by atoms with Crippen LogP contribution in [0.25, 0.3) is 0 Å². The van der Waals surface area contributed by atoms with Crippen LogP contribution in [0.2, 0.25) is 0 Å². The molecule has 1 amide bonds. The number of ketones is 1. The van der Waals surface area contributed by atoms with E-state index in [1.807, 2.05) is 43.3 Å². The molecule has 1 N–H and O–H groups in total. The molecule has 1 heterocycles. The third-order valence-electron chi connectivity index (χ3n) is 3.67. The van der Waals surface area contributed by atoms with Crippen LogP contribution in [0, 0.1) is 0 Å².